The van der Waals surface area contributed by atoms with E-state index in [2.05, 4.69) is 23.8 Å². The molecule has 0 N–H and O–H groups in total. The van der Waals surface area contributed by atoms with Crippen molar-refractivity contribution in [1.29, 1.82) is 0 Å². The van der Waals surface area contributed by atoms with Crippen molar-refractivity contribution >= 4 is 5.91 Å². The number of carbonyl (C=O) groups excluding carboxylic acids is 1. The Kier molecular flexibility index (Phi) is 4.79. The molecule has 23 heavy (non-hydrogen) atoms. The van der Waals surface area contributed by atoms with E-state index < -0.39 is 0 Å². The second-order valence-corrected chi connectivity index (χ2v) is 7.76. The van der Waals surface area contributed by atoms with Crippen LogP contribution in [-0.2, 0) is 0 Å². The van der Waals surface area contributed by atoms with Crippen LogP contribution in [0.5, 0.6) is 0 Å². The third-order valence-corrected chi connectivity index (χ3v) is 5.92. The van der Waals surface area contributed by atoms with Gasteiger partial charge in [0.25, 0.3) is 5.91 Å². The molecule has 1 saturated carbocycles. The van der Waals surface area contributed by atoms with Crippen molar-refractivity contribution in [2.24, 2.45) is 11.8 Å². The Morgan fingerprint density at radius 2 is 1.61 bits per heavy atom. The number of likely N-dealkylation sites (tertiary alicyclic amines) is 1. The number of amides is 1. The maximum atomic E-state index is 13.0. The molecule has 1 saturated heterocycles. The van der Waals surface area contributed by atoms with Crippen LogP contribution < -0.4 is 0 Å². The molecule has 1 amide bonds. The first-order chi connectivity index (χ1) is 11.0. The molecule has 1 aromatic rings. The average Bonchev–Trinajstić information content (AvgIpc) is 3.15. The number of carbonyl (C=O) groups is 1. The molecule has 4 heteroatoms. The van der Waals surface area contributed by atoms with Gasteiger partial charge in [0, 0.05) is 24.8 Å². The molecule has 0 atom stereocenters. The molecule has 2 aliphatic rings. The van der Waals surface area contributed by atoms with E-state index in [0.717, 1.165) is 41.9 Å². The Morgan fingerprint density at radius 1 is 1.04 bits per heavy atom. The summed E-state index contributed by atoms with van der Waals surface area (Å²) in [5.74, 6) is 1.97. The van der Waals surface area contributed by atoms with E-state index in [4.69, 9.17) is 0 Å². The van der Waals surface area contributed by atoms with Gasteiger partial charge in [-0.25, -0.2) is 0 Å². The molecule has 0 spiro atoms. The van der Waals surface area contributed by atoms with Crippen molar-refractivity contribution in [3.8, 4) is 0 Å². The highest BCUT2D eigenvalue weighted by Crippen LogP contribution is 2.37. The Balaban J connectivity index is 1.68. The van der Waals surface area contributed by atoms with Gasteiger partial charge in [0.05, 0.1) is 11.3 Å². The van der Waals surface area contributed by atoms with E-state index in [1.165, 1.54) is 38.5 Å². The molecule has 128 valence electrons. The quantitative estimate of drug-likeness (QED) is 0.841. The molecule has 0 radical (unpaired) electrons. The Morgan fingerprint density at radius 3 is 2.13 bits per heavy atom. The predicted molar refractivity (Wildman–Crippen MR) is 92.7 cm³/mol. The lowest BCUT2D eigenvalue weighted by Gasteiger charge is -2.35. The first-order valence-electron chi connectivity index (χ1n) is 9.34. The SMILES string of the molecule is Cc1nn(C(C)C)c(C)c1C(=O)N1CCC(C2CCCC2)CC1. The summed E-state index contributed by atoms with van der Waals surface area (Å²) in [4.78, 5) is 15.0. The van der Waals surface area contributed by atoms with Crippen LogP contribution in [0.3, 0.4) is 0 Å². The number of aromatic nitrogens is 2. The van der Waals surface area contributed by atoms with Crippen molar-refractivity contribution in [1.82, 2.24) is 14.7 Å². The summed E-state index contributed by atoms with van der Waals surface area (Å²) >= 11 is 0. The van der Waals surface area contributed by atoms with Crippen LogP contribution >= 0.6 is 0 Å². The fourth-order valence-corrected chi connectivity index (χ4v) is 4.64. The highest BCUT2D eigenvalue weighted by atomic mass is 16.2. The van der Waals surface area contributed by atoms with Crippen LogP contribution in [0.4, 0.5) is 0 Å². The summed E-state index contributed by atoms with van der Waals surface area (Å²) in [6.07, 6.45) is 8.03. The van der Waals surface area contributed by atoms with Crippen molar-refractivity contribution in [3.63, 3.8) is 0 Å². The Labute approximate surface area is 140 Å². The van der Waals surface area contributed by atoms with E-state index >= 15 is 0 Å². The third kappa shape index (κ3) is 3.17. The molecular weight excluding hydrogens is 286 g/mol. The largest absolute Gasteiger partial charge is 0.339 e. The number of aryl methyl sites for hydroxylation is 1. The van der Waals surface area contributed by atoms with Gasteiger partial charge in [-0.3, -0.25) is 9.48 Å². The molecule has 1 aliphatic carbocycles. The number of piperidine rings is 1. The third-order valence-electron chi connectivity index (χ3n) is 5.92. The molecule has 0 bridgehead atoms. The Bertz CT molecular complexity index is 561. The van der Waals surface area contributed by atoms with Crippen molar-refractivity contribution in [2.75, 3.05) is 13.1 Å². The van der Waals surface area contributed by atoms with Gasteiger partial charge in [0.15, 0.2) is 0 Å². The Hall–Kier alpha value is -1.32. The molecular formula is C19H31N3O. The van der Waals surface area contributed by atoms with Gasteiger partial charge in [-0.2, -0.15) is 5.10 Å². The van der Waals surface area contributed by atoms with Crippen LogP contribution in [-0.4, -0.2) is 33.7 Å². The molecule has 0 aromatic carbocycles. The zero-order chi connectivity index (χ0) is 16.6. The van der Waals surface area contributed by atoms with Crippen LogP contribution in [0.15, 0.2) is 0 Å². The summed E-state index contributed by atoms with van der Waals surface area (Å²) in [5, 5.41) is 4.57. The van der Waals surface area contributed by atoms with Crippen LogP contribution in [0, 0.1) is 25.7 Å². The molecule has 4 nitrogen and oxygen atoms in total. The number of hydrogen-bond donors (Lipinski definition) is 0. The zero-order valence-electron chi connectivity index (χ0n) is 15.1. The summed E-state index contributed by atoms with van der Waals surface area (Å²) in [6, 6.07) is 0.295. The van der Waals surface area contributed by atoms with Gasteiger partial charge in [-0.05, 0) is 52.4 Å². The predicted octanol–water partition coefficient (Wildman–Crippen LogP) is 4.12. The highest BCUT2D eigenvalue weighted by molar-refractivity contribution is 5.96. The lowest BCUT2D eigenvalue weighted by molar-refractivity contribution is 0.0657. The minimum atomic E-state index is 0.191. The first kappa shape index (κ1) is 16.5. The van der Waals surface area contributed by atoms with Crippen LogP contribution in [0.25, 0.3) is 0 Å². The molecule has 2 fully saturated rings. The van der Waals surface area contributed by atoms with E-state index in [0.29, 0.717) is 6.04 Å². The van der Waals surface area contributed by atoms with E-state index in [1.54, 1.807) is 0 Å². The monoisotopic (exact) mass is 317 g/mol. The summed E-state index contributed by atoms with van der Waals surface area (Å²) in [7, 11) is 0. The normalized spacial score (nSPS) is 20.7. The van der Waals surface area contributed by atoms with Crippen LogP contribution in [0.2, 0.25) is 0 Å². The standard InChI is InChI=1S/C19H31N3O/c1-13(2)22-15(4)18(14(3)20-22)19(23)21-11-9-17(10-12-21)16-7-5-6-8-16/h13,16-17H,5-12H2,1-4H3. The fraction of sp³-hybridized carbons (Fsp3) is 0.789. The lowest BCUT2D eigenvalue weighted by Crippen LogP contribution is -2.40. The van der Waals surface area contributed by atoms with E-state index in [1.807, 2.05) is 18.5 Å². The summed E-state index contributed by atoms with van der Waals surface area (Å²) in [6.45, 7) is 10.1. The lowest BCUT2D eigenvalue weighted by atomic mass is 9.83. The van der Waals surface area contributed by atoms with Gasteiger partial charge >= 0.3 is 0 Å². The molecule has 2 heterocycles. The number of nitrogens with zero attached hydrogens (tertiary/aromatic N) is 3. The summed E-state index contributed by atoms with van der Waals surface area (Å²) in [5.41, 5.74) is 2.72. The van der Waals surface area contributed by atoms with Gasteiger partial charge in [-0.1, -0.05) is 25.7 Å². The average molecular weight is 317 g/mol. The van der Waals surface area contributed by atoms with Gasteiger partial charge in [0.2, 0.25) is 0 Å². The zero-order valence-corrected chi connectivity index (χ0v) is 15.1. The first-order valence-corrected chi connectivity index (χ1v) is 9.34. The van der Waals surface area contributed by atoms with Gasteiger partial charge < -0.3 is 4.90 Å². The number of hydrogen-bond acceptors (Lipinski definition) is 2. The van der Waals surface area contributed by atoms with E-state index in [-0.39, 0.29) is 5.91 Å². The maximum absolute atomic E-state index is 13.0. The van der Waals surface area contributed by atoms with Crippen molar-refractivity contribution in [3.05, 3.63) is 17.0 Å². The second kappa shape index (κ2) is 6.66. The highest BCUT2D eigenvalue weighted by Gasteiger charge is 2.32. The topological polar surface area (TPSA) is 38.1 Å². The van der Waals surface area contributed by atoms with Crippen molar-refractivity contribution < 1.29 is 4.79 Å². The second-order valence-electron chi connectivity index (χ2n) is 7.76. The molecule has 0 unspecified atom stereocenters. The maximum Gasteiger partial charge on any atom is 0.257 e. The smallest absolute Gasteiger partial charge is 0.257 e. The van der Waals surface area contributed by atoms with Gasteiger partial charge in [0.1, 0.15) is 0 Å². The minimum absolute atomic E-state index is 0.191. The minimum Gasteiger partial charge on any atom is -0.339 e. The molecule has 3 rings (SSSR count). The molecule has 1 aliphatic heterocycles. The van der Waals surface area contributed by atoms with Gasteiger partial charge in [-0.15, -0.1) is 0 Å². The van der Waals surface area contributed by atoms with Crippen LogP contribution in [0.1, 0.15) is 80.2 Å². The number of rotatable bonds is 3. The van der Waals surface area contributed by atoms with Crippen molar-refractivity contribution in [2.45, 2.75) is 72.3 Å². The molecule has 1 aromatic heterocycles. The van der Waals surface area contributed by atoms with E-state index in [9.17, 15) is 4.79 Å². The fourth-order valence-electron chi connectivity index (χ4n) is 4.64. The summed E-state index contributed by atoms with van der Waals surface area (Å²) < 4.78 is 1.98.